The first-order chi connectivity index (χ1) is 7.97. The van der Waals surface area contributed by atoms with E-state index in [1.165, 1.54) is 4.31 Å². The summed E-state index contributed by atoms with van der Waals surface area (Å²) >= 11 is 0. The Hall–Kier alpha value is -0.700. The highest BCUT2D eigenvalue weighted by Crippen LogP contribution is 2.18. The molecule has 1 aliphatic rings. The largest absolute Gasteiger partial charge is 0.481 e. The smallest absolute Gasteiger partial charge is 0.307 e. The zero-order chi connectivity index (χ0) is 12.9. The Morgan fingerprint density at radius 2 is 2.24 bits per heavy atom. The average Bonchev–Trinajstić information content (AvgIpc) is 2.29. The third-order valence-electron chi connectivity index (χ3n) is 2.74. The van der Waals surface area contributed by atoms with Gasteiger partial charge in [0.2, 0.25) is 0 Å². The molecule has 0 aromatic carbocycles. The maximum Gasteiger partial charge on any atom is 0.307 e. The van der Waals surface area contributed by atoms with E-state index in [0.717, 1.165) is 0 Å². The quantitative estimate of drug-likeness (QED) is 0.531. The van der Waals surface area contributed by atoms with Crippen molar-refractivity contribution in [1.29, 1.82) is 0 Å². The maximum absolute atomic E-state index is 11.8. The lowest BCUT2D eigenvalue weighted by Gasteiger charge is -2.29. The van der Waals surface area contributed by atoms with Crippen LogP contribution in [-0.2, 0) is 15.0 Å². The van der Waals surface area contributed by atoms with Crippen LogP contribution in [0.2, 0.25) is 0 Å². The van der Waals surface area contributed by atoms with E-state index in [9.17, 15) is 13.2 Å². The minimum absolute atomic E-state index is 0.0489. The molecule has 0 amide bonds. The molecule has 0 spiro atoms. The number of nitrogens with two attached hydrogens (primary N) is 1. The topological polar surface area (TPSA) is 113 Å². The maximum atomic E-state index is 11.8. The Kier molecular flexibility index (Phi) is 5.31. The number of carboxylic acid groups (broad SMARTS) is 1. The molecule has 1 atom stereocenters. The number of carboxylic acids is 1. The van der Waals surface area contributed by atoms with Crippen molar-refractivity contribution in [2.75, 3.05) is 26.2 Å². The molecule has 1 fully saturated rings. The van der Waals surface area contributed by atoms with Gasteiger partial charge >= 0.3 is 5.97 Å². The van der Waals surface area contributed by atoms with Crippen LogP contribution in [0.25, 0.3) is 0 Å². The lowest BCUT2D eigenvalue weighted by atomic mass is 10.0. The van der Waals surface area contributed by atoms with Crippen molar-refractivity contribution in [3.05, 3.63) is 0 Å². The van der Waals surface area contributed by atoms with E-state index in [0.29, 0.717) is 32.4 Å². The number of aliphatic carboxylic acids is 1. The molecule has 17 heavy (non-hydrogen) atoms. The van der Waals surface area contributed by atoms with Crippen molar-refractivity contribution >= 4 is 16.2 Å². The summed E-state index contributed by atoms with van der Waals surface area (Å²) in [6, 6.07) is 0. The second-order valence-corrected chi connectivity index (χ2v) is 5.83. The van der Waals surface area contributed by atoms with Gasteiger partial charge in [-0.15, -0.1) is 0 Å². The number of carbonyl (C=O) groups is 1. The van der Waals surface area contributed by atoms with Crippen molar-refractivity contribution in [1.82, 2.24) is 9.03 Å². The van der Waals surface area contributed by atoms with Crippen LogP contribution in [-0.4, -0.2) is 50.0 Å². The molecule has 4 N–H and O–H groups in total. The summed E-state index contributed by atoms with van der Waals surface area (Å²) in [5.74, 6) is -1.54. The summed E-state index contributed by atoms with van der Waals surface area (Å²) in [6.07, 6.45) is 1.67. The molecule has 0 aromatic heterocycles. The number of hydrogen-bond donors (Lipinski definition) is 3. The summed E-state index contributed by atoms with van der Waals surface area (Å²) < 4.78 is 27.2. The van der Waals surface area contributed by atoms with Gasteiger partial charge < -0.3 is 10.8 Å². The molecule has 0 radical (unpaired) electrons. The molecule has 1 saturated heterocycles. The Morgan fingerprint density at radius 1 is 1.53 bits per heavy atom. The van der Waals surface area contributed by atoms with Gasteiger partial charge in [-0.05, 0) is 25.8 Å². The normalized spacial score (nSPS) is 22.5. The van der Waals surface area contributed by atoms with Crippen LogP contribution in [0.5, 0.6) is 0 Å². The Labute approximate surface area is 101 Å². The third kappa shape index (κ3) is 4.23. The minimum Gasteiger partial charge on any atom is -0.481 e. The first-order valence-electron chi connectivity index (χ1n) is 5.65. The first-order valence-corrected chi connectivity index (χ1v) is 7.09. The highest BCUT2D eigenvalue weighted by molar-refractivity contribution is 7.87. The SMILES string of the molecule is NCCCNS(=O)(=O)N1CCCC(C(=O)O)C1. The van der Waals surface area contributed by atoms with Gasteiger partial charge in [0, 0.05) is 19.6 Å². The van der Waals surface area contributed by atoms with Gasteiger partial charge in [-0.1, -0.05) is 0 Å². The zero-order valence-corrected chi connectivity index (χ0v) is 10.4. The van der Waals surface area contributed by atoms with Crippen molar-refractivity contribution in [3.63, 3.8) is 0 Å². The van der Waals surface area contributed by atoms with Crippen molar-refractivity contribution in [3.8, 4) is 0 Å². The summed E-state index contributed by atoms with van der Waals surface area (Å²) in [5.41, 5.74) is 5.27. The minimum atomic E-state index is -3.56. The van der Waals surface area contributed by atoms with Crippen LogP contribution >= 0.6 is 0 Å². The fraction of sp³-hybridized carbons (Fsp3) is 0.889. The number of piperidine rings is 1. The van der Waals surface area contributed by atoms with Crippen LogP contribution in [0.15, 0.2) is 0 Å². The standard InChI is InChI=1S/C9H19N3O4S/c10-4-2-5-11-17(15,16)12-6-1-3-8(7-12)9(13)14/h8,11H,1-7,10H2,(H,13,14). The molecule has 0 aromatic rings. The number of nitrogens with one attached hydrogen (secondary N) is 1. The van der Waals surface area contributed by atoms with E-state index >= 15 is 0 Å². The first kappa shape index (κ1) is 14.4. The molecular formula is C9H19N3O4S. The van der Waals surface area contributed by atoms with Gasteiger partial charge in [-0.2, -0.15) is 12.7 Å². The van der Waals surface area contributed by atoms with E-state index in [4.69, 9.17) is 10.8 Å². The van der Waals surface area contributed by atoms with Crippen molar-refractivity contribution in [2.45, 2.75) is 19.3 Å². The number of hydrogen-bond acceptors (Lipinski definition) is 4. The van der Waals surface area contributed by atoms with Gasteiger partial charge in [0.05, 0.1) is 5.92 Å². The van der Waals surface area contributed by atoms with E-state index in [1.54, 1.807) is 0 Å². The Bertz CT molecular complexity index is 357. The van der Waals surface area contributed by atoms with E-state index in [-0.39, 0.29) is 13.1 Å². The predicted molar refractivity (Wildman–Crippen MR) is 62.5 cm³/mol. The van der Waals surface area contributed by atoms with E-state index in [1.807, 2.05) is 0 Å². The molecule has 100 valence electrons. The molecule has 0 bridgehead atoms. The molecule has 1 aliphatic heterocycles. The van der Waals surface area contributed by atoms with Gasteiger partial charge in [0.15, 0.2) is 0 Å². The average molecular weight is 265 g/mol. The van der Waals surface area contributed by atoms with Gasteiger partial charge in [-0.25, -0.2) is 4.72 Å². The Balaban J connectivity index is 2.55. The zero-order valence-electron chi connectivity index (χ0n) is 9.63. The lowest BCUT2D eigenvalue weighted by Crippen LogP contribution is -2.47. The molecular weight excluding hydrogens is 246 g/mol. The van der Waals surface area contributed by atoms with E-state index in [2.05, 4.69) is 4.72 Å². The molecule has 1 heterocycles. The van der Waals surface area contributed by atoms with Gasteiger partial charge in [0.1, 0.15) is 0 Å². The summed E-state index contributed by atoms with van der Waals surface area (Å²) in [7, 11) is -3.56. The fourth-order valence-corrected chi connectivity index (χ4v) is 3.09. The van der Waals surface area contributed by atoms with Crippen molar-refractivity contribution in [2.24, 2.45) is 11.7 Å². The third-order valence-corrected chi connectivity index (χ3v) is 4.32. The van der Waals surface area contributed by atoms with Crippen LogP contribution in [0.1, 0.15) is 19.3 Å². The molecule has 1 unspecified atom stereocenters. The van der Waals surface area contributed by atoms with E-state index < -0.39 is 22.1 Å². The summed E-state index contributed by atoms with van der Waals surface area (Å²) in [6.45, 7) is 1.13. The highest BCUT2D eigenvalue weighted by Gasteiger charge is 2.31. The molecule has 1 rings (SSSR count). The van der Waals surface area contributed by atoms with Crippen LogP contribution in [0.3, 0.4) is 0 Å². The van der Waals surface area contributed by atoms with Crippen molar-refractivity contribution < 1.29 is 18.3 Å². The fourth-order valence-electron chi connectivity index (χ4n) is 1.76. The van der Waals surface area contributed by atoms with Gasteiger partial charge in [-0.3, -0.25) is 4.79 Å². The summed E-state index contributed by atoms with van der Waals surface area (Å²) in [4.78, 5) is 10.8. The number of rotatable bonds is 6. The van der Waals surface area contributed by atoms with Crippen LogP contribution < -0.4 is 10.5 Å². The number of nitrogens with zero attached hydrogens (tertiary/aromatic N) is 1. The van der Waals surface area contributed by atoms with Gasteiger partial charge in [0.25, 0.3) is 10.2 Å². The second-order valence-electron chi connectivity index (χ2n) is 4.08. The molecule has 0 saturated carbocycles. The molecule has 8 heteroatoms. The van der Waals surface area contributed by atoms with Crippen LogP contribution in [0.4, 0.5) is 0 Å². The highest BCUT2D eigenvalue weighted by atomic mass is 32.2. The molecule has 0 aliphatic carbocycles. The van der Waals surface area contributed by atoms with Crippen LogP contribution in [0, 0.1) is 5.92 Å². The Morgan fingerprint density at radius 3 is 2.82 bits per heavy atom. The predicted octanol–water partition coefficient (Wildman–Crippen LogP) is -1.03. The second kappa shape index (κ2) is 6.29. The summed E-state index contributed by atoms with van der Waals surface area (Å²) in [5, 5.41) is 8.88. The monoisotopic (exact) mass is 265 g/mol. The molecule has 7 nitrogen and oxygen atoms in total. The lowest BCUT2D eigenvalue weighted by molar-refractivity contribution is -0.142.